The van der Waals surface area contributed by atoms with Crippen LogP contribution in [0.2, 0.25) is 0 Å². The normalized spacial score (nSPS) is 18.9. The molecule has 0 radical (unpaired) electrons. The summed E-state index contributed by atoms with van der Waals surface area (Å²) in [4.78, 5) is 33.7. The van der Waals surface area contributed by atoms with Crippen LogP contribution in [-0.2, 0) is 11.0 Å². The minimum Gasteiger partial charge on any atom is -0.347 e. The lowest BCUT2D eigenvalue weighted by molar-refractivity contribution is -0.191. The number of amides is 2. The van der Waals surface area contributed by atoms with Crippen LogP contribution < -0.4 is 10.2 Å². The molecule has 2 aromatic heterocycles. The molecule has 1 N–H and O–H groups in total. The predicted molar refractivity (Wildman–Crippen MR) is 161 cm³/mol. The van der Waals surface area contributed by atoms with Gasteiger partial charge in [0.1, 0.15) is 6.04 Å². The Labute approximate surface area is 266 Å². The number of thiazole rings is 1. The van der Waals surface area contributed by atoms with Gasteiger partial charge in [-0.25, -0.2) is 4.98 Å². The van der Waals surface area contributed by atoms with E-state index >= 15 is 0 Å². The molecule has 1 aliphatic heterocycles. The van der Waals surface area contributed by atoms with Crippen molar-refractivity contribution in [2.75, 3.05) is 25.0 Å². The van der Waals surface area contributed by atoms with Crippen LogP contribution in [-0.4, -0.2) is 69.9 Å². The van der Waals surface area contributed by atoms with Crippen LogP contribution in [0, 0.1) is 0 Å². The Hall–Kier alpha value is -3.46. The number of carbonyl (C=O) groups is 2. The van der Waals surface area contributed by atoms with Gasteiger partial charge in [0, 0.05) is 43.2 Å². The molecule has 3 heterocycles. The maximum absolute atomic E-state index is 14.0. The highest BCUT2D eigenvalue weighted by molar-refractivity contribution is 7.13. The van der Waals surface area contributed by atoms with Gasteiger partial charge in [-0.05, 0) is 50.8 Å². The molecule has 46 heavy (non-hydrogen) atoms. The van der Waals surface area contributed by atoms with Crippen LogP contribution in [0.1, 0.15) is 79.9 Å². The number of aromatic nitrogens is 3. The Morgan fingerprint density at radius 2 is 1.78 bits per heavy atom. The average Bonchev–Trinajstić information content (AvgIpc) is 3.81. The average molecular weight is 671 g/mol. The second-order valence-corrected chi connectivity index (χ2v) is 12.7. The van der Waals surface area contributed by atoms with E-state index in [0.717, 1.165) is 18.9 Å². The van der Waals surface area contributed by atoms with Crippen LogP contribution in [0.15, 0.2) is 41.9 Å². The Kier molecular flexibility index (Phi) is 10.4. The standard InChI is InChI=1S/C31H36F6N6O2S/c1-41(29-38-14-17-46-29)27(44)18-20(13-16-42-15-7-6-12-26(42)31(35,36)37)39-28(45)24-19-25(43(40-24)21-8-2-3-9-21)22-10-4-5-11-23(22)30(32,33)34/h4-5,10-11,14,17,19-21,26H,2-3,6-9,12-13,15-16,18H2,1H3,(H,39,45)/t20-,26+/m0/s1. The van der Waals surface area contributed by atoms with Gasteiger partial charge >= 0.3 is 12.4 Å². The van der Waals surface area contributed by atoms with Crippen molar-refractivity contribution in [3.05, 3.63) is 53.2 Å². The fraction of sp³-hybridized carbons (Fsp3) is 0.548. The Bertz CT molecular complexity index is 1490. The first kappa shape index (κ1) is 33.9. The second kappa shape index (κ2) is 14.1. The van der Waals surface area contributed by atoms with Crippen LogP contribution in [0.25, 0.3) is 11.3 Å². The van der Waals surface area contributed by atoms with E-state index in [0.29, 0.717) is 30.8 Å². The minimum atomic E-state index is -4.64. The monoisotopic (exact) mass is 670 g/mol. The topological polar surface area (TPSA) is 83.4 Å². The molecule has 1 saturated carbocycles. The lowest BCUT2D eigenvalue weighted by atomic mass is 10.00. The van der Waals surface area contributed by atoms with Crippen molar-refractivity contribution >= 4 is 28.3 Å². The predicted octanol–water partition coefficient (Wildman–Crippen LogP) is 7.10. The first-order chi connectivity index (χ1) is 21.8. The molecule has 0 bridgehead atoms. The molecule has 15 heteroatoms. The van der Waals surface area contributed by atoms with E-state index < -0.39 is 41.8 Å². The van der Waals surface area contributed by atoms with Crippen molar-refractivity contribution in [1.29, 1.82) is 0 Å². The summed E-state index contributed by atoms with van der Waals surface area (Å²) >= 11 is 1.23. The molecule has 3 aromatic rings. The van der Waals surface area contributed by atoms with Crippen molar-refractivity contribution in [3.63, 3.8) is 0 Å². The first-order valence-electron chi connectivity index (χ1n) is 15.4. The summed E-state index contributed by atoms with van der Waals surface area (Å²) in [6.07, 6.45) is -3.51. The van der Waals surface area contributed by atoms with Crippen molar-refractivity contribution < 1.29 is 35.9 Å². The summed E-state index contributed by atoms with van der Waals surface area (Å²) in [5, 5.41) is 9.36. The van der Waals surface area contributed by atoms with E-state index in [1.54, 1.807) is 5.38 Å². The fourth-order valence-corrected chi connectivity index (χ4v) is 6.98. The van der Waals surface area contributed by atoms with Gasteiger partial charge in [0.2, 0.25) is 5.91 Å². The zero-order chi connectivity index (χ0) is 33.1. The SMILES string of the molecule is CN(C(=O)C[C@H](CCN1CCCC[C@@H]1C(F)(F)F)NC(=O)c1cc(-c2ccccc2C(F)(F)F)n(C2CCCC2)n1)c1nccs1. The quantitative estimate of drug-likeness (QED) is 0.233. The van der Waals surface area contributed by atoms with Crippen LogP contribution in [0.5, 0.6) is 0 Å². The summed E-state index contributed by atoms with van der Waals surface area (Å²) < 4.78 is 84.8. The number of benzene rings is 1. The number of nitrogens with zero attached hydrogens (tertiary/aromatic N) is 5. The van der Waals surface area contributed by atoms with E-state index in [2.05, 4.69) is 15.4 Å². The fourth-order valence-electron chi connectivity index (χ4n) is 6.36. The van der Waals surface area contributed by atoms with E-state index in [-0.39, 0.29) is 55.3 Å². The van der Waals surface area contributed by atoms with E-state index in [4.69, 9.17) is 0 Å². The van der Waals surface area contributed by atoms with Gasteiger partial charge in [0.05, 0.1) is 17.3 Å². The molecule has 0 unspecified atom stereocenters. The van der Waals surface area contributed by atoms with Gasteiger partial charge in [0.25, 0.3) is 5.91 Å². The molecule has 5 rings (SSSR count). The molecular formula is C31H36F6N6O2S. The van der Waals surface area contributed by atoms with Crippen LogP contribution in [0.3, 0.4) is 0 Å². The third-order valence-electron chi connectivity index (χ3n) is 8.74. The van der Waals surface area contributed by atoms with Gasteiger partial charge < -0.3 is 5.32 Å². The van der Waals surface area contributed by atoms with E-state index in [1.165, 1.54) is 63.3 Å². The molecule has 2 aliphatic rings. The number of nitrogens with one attached hydrogen (secondary N) is 1. The largest absolute Gasteiger partial charge is 0.417 e. The number of rotatable bonds is 10. The lowest BCUT2D eigenvalue weighted by Crippen LogP contribution is -2.50. The molecule has 2 atom stereocenters. The zero-order valence-electron chi connectivity index (χ0n) is 25.3. The summed E-state index contributed by atoms with van der Waals surface area (Å²) in [6.45, 7) is 0.232. The Morgan fingerprint density at radius 3 is 2.46 bits per heavy atom. The summed E-state index contributed by atoms with van der Waals surface area (Å²) in [7, 11) is 1.53. The number of halogens is 6. The number of alkyl halides is 6. The molecular weight excluding hydrogens is 634 g/mol. The summed E-state index contributed by atoms with van der Waals surface area (Å²) in [5.74, 6) is -1.12. The number of hydrogen-bond acceptors (Lipinski definition) is 6. The molecule has 0 spiro atoms. The number of likely N-dealkylation sites (tertiary alicyclic amines) is 1. The first-order valence-corrected chi connectivity index (χ1v) is 16.2. The summed E-state index contributed by atoms with van der Waals surface area (Å²) in [5.41, 5.74) is -0.928. The van der Waals surface area contributed by atoms with Gasteiger partial charge in [-0.15, -0.1) is 11.3 Å². The number of hydrogen-bond donors (Lipinski definition) is 1. The number of piperidine rings is 1. The maximum atomic E-state index is 14.0. The number of carbonyl (C=O) groups excluding carboxylic acids is 2. The highest BCUT2D eigenvalue weighted by atomic mass is 32.1. The zero-order valence-corrected chi connectivity index (χ0v) is 26.1. The molecule has 2 fully saturated rings. The van der Waals surface area contributed by atoms with Crippen molar-refractivity contribution in [2.45, 2.75) is 88.3 Å². The minimum absolute atomic E-state index is 0.00983. The smallest absolute Gasteiger partial charge is 0.347 e. The van der Waals surface area contributed by atoms with Crippen LogP contribution >= 0.6 is 11.3 Å². The summed E-state index contributed by atoms with van der Waals surface area (Å²) in [6, 6.07) is 3.77. The van der Waals surface area contributed by atoms with E-state index in [9.17, 15) is 35.9 Å². The third kappa shape index (κ3) is 7.91. The van der Waals surface area contributed by atoms with Gasteiger partial charge in [-0.2, -0.15) is 31.4 Å². The molecule has 1 aliphatic carbocycles. The third-order valence-corrected chi connectivity index (χ3v) is 9.59. The molecule has 8 nitrogen and oxygen atoms in total. The van der Waals surface area contributed by atoms with Crippen molar-refractivity contribution in [2.24, 2.45) is 0 Å². The van der Waals surface area contributed by atoms with Crippen molar-refractivity contribution in [3.8, 4) is 11.3 Å². The number of anilines is 1. The van der Waals surface area contributed by atoms with Crippen molar-refractivity contribution in [1.82, 2.24) is 25.0 Å². The van der Waals surface area contributed by atoms with Crippen LogP contribution in [0.4, 0.5) is 31.5 Å². The molecule has 1 aromatic carbocycles. The van der Waals surface area contributed by atoms with E-state index in [1.807, 2.05) is 0 Å². The second-order valence-electron chi connectivity index (χ2n) is 11.9. The highest BCUT2D eigenvalue weighted by Crippen LogP contribution is 2.40. The lowest BCUT2D eigenvalue weighted by Gasteiger charge is -2.37. The molecule has 250 valence electrons. The highest BCUT2D eigenvalue weighted by Gasteiger charge is 2.44. The Balaban J connectivity index is 1.41. The molecule has 2 amide bonds. The van der Waals surface area contributed by atoms with Gasteiger partial charge in [-0.1, -0.05) is 37.5 Å². The maximum Gasteiger partial charge on any atom is 0.417 e. The Morgan fingerprint density at radius 1 is 1.07 bits per heavy atom. The van der Waals surface area contributed by atoms with Gasteiger partial charge in [-0.3, -0.25) is 24.1 Å². The van der Waals surface area contributed by atoms with Gasteiger partial charge in [0.15, 0.2) is 10.8 Å². The molecule has 1 saturated heterocycles.